The van der Waals surface area contributed by atoms with E-state index in [2.05, 4.69) is 37.0 Å². The topological polar surface area (TPSA) is 84.3 Å². The summed E-state index contributed by atoms with van der Waals surface area (Å²) in [5.41, 5.74) is 2.19. The summed E-state index contributed by atoms with van der Waals surface area (Å²) >= 11 is 0. The number of benzene rings is 2. The van der Waals surface area contributed by atoms with Crippen molar-refractivity contribution in [2.24, 2.45) is 0 Å². The molecule has 2 aromatic heterocycles. The van der Waals surface area contributed by atoms with E-state index in [1.165, 1.54) is 6.07 Å². The molecule has 1 saturated heterocycles. The SMILES string of the molecule is Cc1ccc(-c2noc(CCCN3CCN(C(C)c4nc(-c5ccccc5)no4)CC3)n2)cc1F. The monoisotopic (exact) mass is 476 g/mol. The van der Waals surface area contributed by atoms with Crippen molar-refractivity contribution in [2.45, 2.75) is 32.7 Å². The molecule has 35 heavy (non-hydrogen) atoms. The van der Waals surface area contributed by atoms with Crippen molar-refractivity contribution in [3.8, 4) is 22.8 Å². The third-order valence-electron chi connectivity index (χ3n) is 6.55. The fraction of sp³-hybridized carbons (Fsp3) is 0.385. The Labute approximate surface area is 203 Å². The Morgan fingerprint density at radius 3 is 2.43 bits per heavy atom. The molecule has 1 aliphatic rings. The van der Waals surface area contributed by atoms with Crippen molar-refractivity contribution in [1.29, 1.82) is 0 Å². The van der Waals surface area contributed by atoms with Gasteiger partial charge in [-0.25, -0.2) is 4.39 Å². The van der Waals surface area contributed by atoms with E-state index in [-0.39, 0.29) is 11.9 Å². The van der Waals surface area contributed by atoms with Crippen LogP contribution < -0.4 is 0 Å². The lowest BCUT2D eigenvalue weighted by atomic mass is 10.1. The number of piperazine rings is 1. The van der Waals surface area contributed by atoms with Gasteiger partial charge in [-0.2, -0.15) is 9.97 Å². The quantitative estimate of drug-likeness (QED) is 0.366. The van der Waals surface area contributed by atoms with Gasteiger partial charge in [-0.3, -0.25) is 4.90 Å². The van der Waals surface area contributed by atoms with E-state index in [9.17, 15) is 4.39 Å². The number of aromatic nitrogens is 4. The molecule has 0 N–H and O–H groups in total. The van der Waals surface area contributed by atoms with E-state index in [4.69, 9.17) is 9.05 Å². The van der Waals surface area contributed by atoms with Crippen molar-refractivity contribution in [2.75, 3.05) is 32.7 Å². The van der Waals surface area contributed by atoms with E-state index in [0.29, 0.717) is 41.0 Å². The van der Waals surface area contributed by atoms with Crippen LogP contribution in [0.25, 0.3) is 22.8 Å². The number of hydrogen-bond acceptors (Lipinski definition) is 8. The van der Waals surface area contributed by atoms with Gasteiger partial charge in [-0.15, -0.1) is 0 Å². The molecule has 0 amide bonds. The number of hydrogen-bond donors (Lipinski definition) is 0. The Hall–Kier alpha value is -3.43. The minimum Gasteiger partial charge on any atom is -0.339 e. The van der Waals surface area contributed by atoms with Crippen LogP contribution in [-0.2, 0) is 6.42 Å². The Morgan fingerprint density at radius 2 is 1.66 bits per heavy atom. The molecular formula is C26H29FN6O2. The third kappa shape index (κ3) is 5.47. The Bertz CT molecular complexity index is 1250. The highest BCUT2D eigenvalue weighted by Crippen LogP contribution is 2.24. The summed E-state index contributed by atoms with van der Waals surface area (Å²) < 4.78 is 24.8. The second-order valence-corrected chi connectivity index (χ2v) is 8.96. The second kappa shape index (κ2) is 10.5. The van der Waals surface area contributed by atoms with E-state index in [0.717, 1.165) is 44.7 Å². The minimum absolute atomic E-state index is 0.0746. The smallest absolute Gasteiger partial charge is 0.244 e. The predicted molar refractivity (Wildman–Crippen MR) is 129 cm³/mol. The Morgan fingerprint density at radius 1 is 0.914 bits per heavy atom. The molecule has 8 nitrogen and oxygen atoms in total. The van der Waals surface area contributed by atoms with Crippen LogP contribution in [0.2, 0.25) is 0 Å². The molecule has 0 spiro atoms. The standard InChI is InChI=1S/C26H29FN6O2/c1-18-10-11-21(17-22(18)27)25-28-23(34-30-25)9-6-12-32-13-15-33(16-14-32)19(2)26-29-24(31-35-26)20-7-4-3-5-8-20/h3-5,7-8,10-11,17,19H,6,9,12-16H2,1-2H3. The zero-order valence-corrected chi connectivity index (χ0v) is 20.0. The van der Waals surface area contributed by atoms with Gasteiger partial charge in [0.15, 0.2) is 0 Å². The van der Waals surface area contributed by atoms with Gasteiger partial charge in [0.25, 0.3) is 0 Å². The molecule has 0 aliphatic carbocycles. The maximum Gasteiger partial charge on any atom is 0.244 e. The highest BCUT2D eigenvalue weighted by molar-refractivity contribution is 5.55. The highest BCUT2D eigenvalue weighted by atomic mass is 19.1. The van der Waals surface area contributed by atoms with Crippen molar-refractivity contribution >= 4 is 0 Å². The molecular weight excluding hydrogens is 447 g/mol. The molecule has 9 heteroatoms. The predicted octanol–water partition coefficient (Wildman–Crippen LogP) is 4.55. The van der Waals surface area contributed by atoms with Crippen molar-refractivity contribution in [1.82, 2.24) is 30.1 Å². The van der Waals surface area contributed by atoms with Crippen LogP contribution in [-0.4, -0.2) is 62.8 Å². The van der Waals surface area contributed by atoms with E-state index in [1.54, 1.807) is 13.0 Å². The fourth-order valence-electron chi connectivity index (χ4n) is 4.30. The van der Waals surface area contributed by atoms with Gasteiger partial charge >= 0.3 is 0 Å². The average molecular weight is 477 g/mol. The first kappa shape index (κ1) is 23.3. The van der Waals surface area contributed by atoms with Crippen molar-refractivity contribution < 1.29 is 13.4 Å². The Kier molecular flexibility index (Phi) is 6.96. The summed E-state index contributed by atoms with van der Waals surface area (Å²) in [6.45, 7) is 8.63. The van der Waals surface area contributed by atoms with E-state index < -0.39 is 0 Å². The largest absolute Gasteiger partial charge is 0.339 e. The number of rotatable bonds is 8. The molecule has 4 aromatic rings. The van der Waals surface area contributed by atoms with Crippen LogP contribution in [0, 0.1) is 12.7 Å². The average Bonchev–Trinajstić information content (AvgIpc) is 3.57. The molecule has 3 heterocycles. The summed E-state index contributed by atoms with van der Waals surface area (Å²) in [6, 6.07) is 14.9. The van der Waals surface area contributed by atoms with Gasteiger partial charge < -0.3 is 13.9 Å². The van der Waals surface area contributed by atoms with Gasteiger partial charge in [0.1, 0.15) is 5.82 Å². The molecule has 5 rings (SSSR count). The first-order chi connectivity index (χ1) is 17.1. The molecule has 1 aliphatic heterocycles. The molecule has 1 unspecified atom stereocenters. The van der Waals surface area contributed by atoms with Crippen molar-refractivity contribution in [3.05, 3.63) is 71.7 Å². The fourth-order valence-corrected chi connectivity index (χ4v) is 4.30. The molecule has 0 bridgehead atoms. The lowest BCUT2D eigenvalue weighted by molar-refractivity contribution is 0.0874. The molecule has 0 radical (unpaired) electrons. The Balaban J connectivity index is 1.07. The van der Waals surface area contributed by atoms with Gasteiger partial charge in [0.2, 0.25) is 23.4 Å². The highest BCUT2D eigenvalue weighted by Gasteiger charge is 2.26. The van der Waals surface area contributed by atoms with Crippen molar-refractivity contribution in [3.63, 3.8) is 0 Å². The summed E-state index contributed by atoms with van der Waals surface area (Å²) in [6.07, 6.45) is 1.62. The first-order valence-electron chi connectivity index (χ1n) is 12.0. The zero-order valence-electron chi connectivity index (χ0n) is 20.0. The lowest BCUT2D eigenvalue weighted by Crippen LogP contribution is -2.47. The summed E-state index contributed by atoms with van der Waals surface area (Å²) in [5.74, 6) is 2.02. The summed E-state index contributed by atoms with van der Waals surface area (Å²) in [4.78, 5) is 13.9. The zero-order chi connectivity index (χ0) is 24.2. The van der Waals surface area contributed by atoms with Gasteiger partial charge in [-0.05, 0) is 38.4 Å². The van der Waals surface area contributed by atoms with Crippen LogP contribution in [0.3, 0.4) is 0 Å². The lowest BCUT2D eigenvalue weighted by Gasteiger charge is -2.36. The molecule has 0 saturated carbocycles. The second-order valence-electron chi connectivity index (χ2n) is 8.96. The number of nitrogens with zero attached hydrogens (tertiary/aromatic N) is 6. The maximum atomic E-state index is 13.8. The summed E-state index contributed by atoms with van der Waals surface area (Å²) in [7, 11) is 0. The van der Waals surface area contributed by atoms with Crippen LogP contribution in [0.15, 0.2) is 57.6 Å². The van der Waals surface area contributed by atoms with E-state index >= 15 is 0 Å². The van der Waals surface area contributed by atoms with E-state index in [1.807, 2.05) is 36.4 Å². The first-order valence-corrected chi connectivity index (χ1v) is 12.0. The van der Waals surface area contributed by atoms with Gasteiger partial charge in [-0.1, -0.05) is 52.8 Å². The molecule has 182 valence electrons. The summed E-state index contributed by atoms with van der Waals surface area (Å²) in [5, 5.41) is 8.16. The molecule has 2 aromatic carbocycles. The van der Waals surface area contributed by atoms with Crippen LogP contribution in [0.5, 0.6) is 0 Å². The van der Waals surface area contributed by atoms with Gasteiger partial charge in [0.05, 0.1) is 6.04 Å². The number of aryl methyl sites for hydroxylation is 2. The molecule has 1 fully saturated rings. The van der Waals surface area contributed by atoms with Crippen LogP contribution in [0.1, 0.15) is 36.7 Å². The molecule has 1 atom stereocenters. The van der Waals surface area contributed by atoms with Crippen LogP contribution >= 0.6 is 0 Å². The number of halogens is 1. The van der Waals surface area contributed by atoms with Crippen LogP contribution in [0.4, 0.5) is 4.39 Å². The normalized spacial score (nSPS) is 16.0. The third-order valence-corrected chi connectivity index (χ3v) is 6.55. The van der Waals surface area contributed by atoms with Gasteiger partial charge in [0, 0.05) is 43.7 Å². The maximum absolute atomic E-state index is 13.8. The minimum atomic E-state index is -0.266.